The van der Waals surface area contributed by atoms with Crippen molar-refractivity contribution < 1.29 is 24.2 Å². The summed E-state index contributed by atoms with van der Waals surface area (Å²) in [5, 5.41) is 11.4. The molecule has 0 aliphatic carbocycles. The van der Waals surface area contributed by atoms with Crippen LogP contribution in [0.3, 0.4) is 0 Å². The fourth-order valence-corrected chi connectivity index (χ4v) is 4.10. The van der Waals surface area contributed by atoms with Gasteiger partial charge in [0.15, 0.2) is 0 Å². The van der Waals surface area contributed by atoms with Gasteiger partial charge in [0.25, 0.3) is 11.7 Å². The number of aryl methyl sites for hydroxylation is 1. The van der Waals surface area contributed by atoms with Crippen molar-refractivity contribution >= 4 is 23.1 Å². The third kappa shape index (κ3) is 4.24. The topological polar surface area (TPSA) is 89.0 Å². The lowest BCUT2D eigenvalue weighted by atomic mass is 9.95. The molecule has 0 saturated carbocycles. The smallest absolute Gasteiger partial charge is 0.300 e. The largest absolute Gasteiger partial charge is 0.507 e. The second-order valence-corrected chi connectivity index (χ2v) is 7.82. The van der Waals surface area contributed by atoms with Crippen LogP contribution in [0.4, 0.5) is 5.69 Å². The summed E-state index contributed by atoms with van der Waals surface area (Å²) in [4.78, 5) is 32.2. The molecule has 3 aromatic rings. The van der Waals surface area contributed by atoms with Crippen molar-refractivity contribution in [2.45, 2.75) is 26.8 Å². The minimum absolute atomic E-state index is 0.0235. The first-order valence-electron chi connectivity index (χ1n) is 11.1. The van der Waals surface area contributed by atoms with Crippen molar-refractivity contribution in [1.29, 1.82) is 0 Å². The number of aliphatic hydroxyl groups is 1. The first kappa shape index (κ1) is 23.0. The molecular weight excluding hydrogens is 432 g/mol. The maximum Gasteiger partial charge on any atom is 0.300 e. The van der Waals surface area contributed by atoms with Crippen LogP contribution in [0.25, 0.3) is 5.76 Å². The van der Waals surface area contributed by atoms with Crippen LogP contribution in [-0.2, 0) is 9.59 Å². The van der Waals surface area contributed by atoms with Gasteiger partial charge in [-0.3, -0.25) is 19.5 Å². The molecular formula is C27H26N2O5. The Balaban J connectivity index is 1.93. The molecule has 1 fully saturated rings. The number of ether oxygens (including phenoxy) is 2. The van der Waals surface area contributed by atoms with Gasteiger partial charge in [-0.2, -0.15) is 0 Å². The molecule has 2 aromatic carbocycles. The van der Waals surface area contributed by atoms with Crippen LogP contribution in [0.1, 0.15) is 36.6 Å². The molecule has 1 aliphatic rings. The molecule has 7 nitrogen and oxygen atoms in total. The standard InChI is InChI=1S/C27H26N2O5/c1-4-33-20-11-12-21(22(15-20)34-5-2)25(30)23-24(18-9-7-13-28-16-18)29(27(32)26(23)31)19-10-6-8-17(3)14-19/h6-16,24,30H,4-5H2,1-3H3/b25-23-. The van der Waals surface area contributed by atoms with Crippen molar-refractivity contribution in [3.05, 3.63) is 89.3 Å². The Hall–Kier alpha value is -4.13. The fraction of sp³-hybridized carbons (Fsp3) is 0.222. The third-order valence-corrected chi connectivity index (χ3v) is 5.54. The Bertz CT molecular complexity index is 1250. The van der Waals surface area contributed by atoms with Crippen LogP contribution in [0, 0.1) is 6.92 Å². The zero-order chi connectivity index (χ0) is 24.2. The number of carbonyl (C=O) groups excluding carboxylic acids is 2. The third-order valence-electron chi connectivity index (χ3n) is 5.54. The zero-order valence-corrected chi connectivity index (χ0v) is 19.3. The van der Waals surface area contributed by atoms with E-state index in [9.17, 15) is 14.7 Å². The fourth-order valence-electron chi connectivity index (χ4n) is 4.10. The number of carbonyl (C=O) groups is 2. The summed E-state index contributed by atoms with van der Waals surface area (Å²) in [5.74, 6) is -0.868. The van der Waals surface area contributed by atoms with E-state index in [0.29, 0.717) is 41.5 Å². The molecule has 1 aromatic heterocycles. The summed E-state index contributed by atoms with van der Waals surface area (Å²) in [6.45, 7) is 6.42. The number of Topliss-reactive ketones (excluding diaryl/α,β-unsaturated/α-hetero) is 1. The van der Waals surface area contributed by atoms with Crippen LogP contribution in [0.2, 0.25) is 0 Å². The number of rotatable bonds is 7. The van der Waals surface area contributed by atoms with Crippen molar-refractivity contribution in [3.63, 3.8) is 0 Å². The van der Waals surface area contributed by atoms with Gasteiger partial charge in [0.05, 0.1) is 30.4 Å². The molecule has 1 saturated heterocycles. The highest BCUT2D eigenvalue weighted by molar-refractivity contribution is 6.51. The Labute approximate surface area is 198 Å². The Morgan fingerprint density at radius 3 is 2.50 bits per heavy atom. The van der Waals surface area contributed by atoms with Crippen LogP contribution in [-0.4, -0.2) is 35.0 Å². The Kier molecular flexibility index (Phi) is 6.63. The number of pyridine rings is 1. The number of anilines is 1. The van der Waals surface area contributed by atoms with Gasteiger partial charge in [-0.25, -0.2) is 0 Å². The minimum Gasteiger partial charge on any atom is -0.507 e. The van der Waals surface area contributed by atoms with Crippen LogP contribution >= 0.6 is 0 Å². The zero-order valence-electron chi connectivity index (χ0n) is 19.3. The predicted molar refractivity (Wildman–Crippen MR) is 129 cm³/mol. The van der Waals surface area contributed by atoms with E-state index in [0.717, 1.165) is 5.56 Å². The summed E-state index contributed by atoms with van der Waals surface area (Å²) in [6, 6.07) is 15.0. The van der Waals surface area contributed by atoms with E-state index in [1.54, 1.807) is 48.8 Å². The van der Waals surface area contributed by atoms with Gasteiger partial charge in [-0.15, -0.1) is 0 Å². The molecule has 1 amide bonds. The summed E-state index contributed by atoms with van der Waals surface area (Å²) in [7, 11) is 0. The number of amides is 1. The van der Waals surface area contributed by atoms with Crippen molar-refractivity contribution in [2.24, 2.45) is 0 Å². The lowest BCUT2D eigenvalue weighted by molar-refractivity contribution is -0.132. The number of benzene rings is 2. The van der Waals surface area contributed by atoms with Gasteiger partial charge < -0.3 is 14.6 Å². The van der Waals surface area contributed by atoms with E-state index >= 15 is 0 Å². The number of nitrogens with zero attached hydrogens (tertiary/aromatic N) is 2. The molecule has 1 N–H and O–H groups in total. The molecule has 34 heavy (non-hydrogen) atoms. The van der Waals surface area contributed by atoms with Gasteiger partial charge in [-0.1, -0.05) is 18.2 Å². The molecule has 0 bridgehead atoms. The van der Waals surface area contributed by atoms with Crippen molar-refractivity contribution in [1.82, 2.24) is 4.98 Å². The van der Waals surface area contributed by atoms with Crippen molar-refractivity contribution in [2.75, 3.05) is 18.1 Å². The number of ketones is 1. The van der Waals surface area contributed by atoms with Gasteiger partial charge in [0.1, 0.15) is 17.3 Å². The van der Waals surface area contributed by atoms with Crippen LogP contribution in [0.15, 0.2) is 72.6 Å². The van der Waals surface area contributed by atoms with Crippen LogP contribution in [0.5, 0.6) is 11.5 Å². The maximum absolute atomic E-state index is 13.3. The Morgan fingerprint density at radius 1 is 1.03 bits per heavy atom. The number of hydrogen-bond acceptors (Lipinski definition) is 6. The Morgan fingerprint density at radius 2 is 1.82 bits per heavy atom. The quantitative estimate of drug-likeness (QED) is 0.310. The maximum atomic E-state index is 13.3. The molecule has 1 unspecified atom stereocenters. The highest BCUT2D eigenvalue weighted by atomic mass is 16.5. The normalized spacial score (nSPS) is 17.1. The average Bonchev–Trinajstić information content (AvgIpc) is 3.10. The highest BCUT2D eigenvalue weighted by Crippen LogP contribution is 2.43. The monoisotopic (exact) mass is 458 g/mol. The number of aliphatic hydroxyl groups excluding tert-OH is 1. The number of aromatic nitrogens is 1. The lowest BCUT2D eigenvalue weighted by Gasteiger charge is -2.25. The van der Waals surface area contributed by atoms with E-state index in [1.165, 1.54) is 4.90 Å². The molecule has 174 valence electrons. The summed E-state index contributed by atoms with van der Waals surface area (Å²) in [6.07, 6.45) is 3.20. The summed E-state index contributed by atoms with van der Waals surface area (Å²) >= 11 is 0. The molecule has 0 spiro atoms. The van der Waals surface area contributed by atoms with Crippen LogP contribution < -0.4 is 14.4 Å². The van der Waals surface area contributed by atoms with E-state index in [4.69, 9.17) is 9.47 Å². The van der Waals surface area contributed by atoms with Gasteiger partial charge >= 0.3 is 0 Å². The average molecular weight is 459 g/mol. The highest BCUT2D eigenvalue weighted by Gasteiger charge is 2.47. The minimum atomic E-state index is -0.850. The van der Waals surface area contributed by atoms with E-state index in [1.807, 2.05) is 39.0 Å². The summed E-state index contributed by atoms with van der Waals surface area (Å²) < 4.78 is 11.3. The predicted octanol–water partition coefficient (Wildman–Crippen LogP) is 4.81. The molecule has 1 atom stereocenters. The first-order chi connectivity index (χ1) is 16.5. The van der Waals surface area contributed by atoms with E-state index < -0.39 is 17.7 Å². The first-order valence-corrected chi connectivity index (χ1v) is 11.1. The molecule has 2 heterocycles. The van der Waals surface area contributed by atoms with Gasteiger partial charge in [0.2, 0.25) is 0 Å². The summed E-state index contributed by atoms with van der Waals surface area (Å²) in [5.41, 5.74) is 2.39. The van der Waals surface area contributed by atoms with Gasteiger partial charge in [0, 0.05) is 24.1 Å². The molecule has 0 radical (unpaired) electrons. The second kappa shape index (κ2) is 9.79. The van der Waals surface area contributed by atoms with Gasteiger partial charge in [-0.05, 0) is 62.2 Å². The molecule has 4 rings (SSSR count). The van der Waals surface area contributed by atoms with E-state index in [2.05, 4.69) is 4.98 Å². The number of hydrogen-bond donors (Lipinski definition) is 1. The van der Waals surface area contributed by atoms with Crippen molar-refractivity contribution in [3.8, 4) is 11.5 Å². The molecule has 1 aliphatic heterocycles. The second-order valence-electron chi connectivity index (χ2n) is 7.82. The lowest BCUT2D eigenvalue weighted by Crippen LogP contribution is -2.29. The SMILES string of the molecule is CCOc1ccc(/C(O)=C2/C(=O)C(=O)N(c3cccc(C)c3)C2c2cccnc2)c(OCC)c1. The van der Waals surface area contributed by atoms with E-state index in [-0.39, 0.29) is 11.3 Å². The molecule has 7 heteroatoms.